The number of carboxylic acids is 1. The van der Waals surface area contributed by atoms with E-state index in [1.54, 1.807) is 13.8 Å². The van der Waals surface area contributed by atoms with Crippen LogP contribution in [-0.4, -0.2) is 134 Å². The first-order valence-electron chi connectivity index (χ1n) is 25.7. The van der Waals surface area contributed by atoms with Crippen molar-refractivity contribution in [3.63, 3.8) is 0 Å². The molecule has 0 unspecified atom stereocenters. The Balaban J connectivity index is 0.000000231. The summed E-state index contributed by atoms with van der Waals surface area (Å²) in [4.78, 5) is 57.6. The summed E-state index contributed by atoms with van der Waals surface area (Å²) in [6.07, 6.45) is 8.51. The van der Waals surface area contributed by atoms with Crippen molar-refractivity contribution in [2.24, 2.45) is 21.8 Å². The Morgan fingerprint density at radius 1 is 0.662 bits per heavy atom. The summed E-state index contributed by atoms with van der Waals surface area (Å²) in [5.41, 5.74) is 7.72. The molecule has 4 saturated heterocycles. The molecule has 0 spiro atoms. The number of hydrogen-bond acceptors (Lipinski definition) is 13. The lowest BCUT2D eigenvalue weighted by Gasteiger charge is -2.32. The number of hydrogen-bond donors (Lipinski definition) is 4. The highest BCUT2D eigenvalue weighted by molar-refractivity contribution is 6.62. The molecule has 404 valence electrons. The summed E-state index contributed by atoms with van der Waals surface area (Å²) in [5.74, 6) is -1.36. The van der Waals surface area contributed by atoms with Gasteiger partial charge in [-0.05, 0) is 133 Å². The summed E-state index contributed by atoms with van der Waals surface area (Å²) in [6, 6.07) is 15.7. The molecule has 4 N–H and O–H groups in total. The minimum atomic E-state index is -1.06. The van der Waals surface area contributed by atoms with Crippen molar-refractivity contribution in [1.82, 2.24) is 20.9 Å². The maximum Gasteiger partial charge on any atom is 0.494 e. The number of aliphatic carboxylic acids is 1. The highest BCUT2D eigenvalue weighted by Gasteiger charge is 2.53. The first kappa shape index (κ1) is 59.8. The standard InChI is InChI=1S/C27H38BN3O5.C20H27BN2O2.C7H13NO4.ClH/c1-17(2)23(30-25(33)34-7)24(32)31-14-8-9-22(31)21-15-19(16-29-21)18-10-12-20(13-11-18)28-35-26(3,4)27(5,6)36-28;1-19(2)20(3,4)25-21(24-19)16-9-7-14(8-10-16)15-12-18(23-13-15)17-6-5-11-22-17;1-4(2)5(6(9)10)8-7(11)12-3;/h10-13,16-17,22-23H,8-9,14-15H2,1-7H3,(H,30,33);7-10,13,17,22H,5-6,11-12H2,1-4H3;4-5H,1-3H3,(H,8,11)(H,9,10);1H/t22-,23-;17-;5-;/m000./s1. The zero-order chi connectivity index (χ0) is 53.6. The van der Waals surface area contributed by atoms with Gasteiger partial charge in [-0.15, -0.1) is 12.4 Å². The number of amides is 3. The molecular weight excluding hydrogens is 966 g/mol. The van der Waals surface area contributed by atoms with Crippen molar-refractivity contribution < 1.29 is 52.4 Å². The lowest BCUT2D eigenvalue weighted by atomic mass is 9.78. The van der Waals surface area contributed by atoms with E-state index in [4.69, 9.17) is 33.5 Å². The molecule has 2 aromatic rings. The van der Waals surface area contributed by atoms with Crippen LogP contribution in [0.5, 0.6) is 0 Å². The minimum Gasteiger partial charge on any atom is -0.480 e. The van der Waals surface area contributed by atoms with Gasteiger partial charge in [-0.25, -0.2) is 14.4 Å². The maximum atomic E-state index is 13.4. The van der Waals surface area contributed by atoms with Gasteiger partial charge in [0.2, 0.25) is 5.91 Å². The van der Waals surface area contributed by atoms with E-state index in [9.17, 15) is 19.2 Å². The fourth-order valence-corrected chi connectivity index (χ4v) is 9.26. The van der Waals surface area contributed by atoms with Crippen LogP contribution in [0.2, 0.25) is 0 Å². The second-order valence-electron chi connectivity index (χ2n) is 22.2. The molecule has 0 saturated carbocycles. The maximum absolute atomic E-state index is 13.4. The molecule has 6 aliphatic rings. The van der Waals surface area contributed by atoms with E-state index in [0.717, 1.165) is 53.6 Å². The number of ether oxygens (including phenoxy) is 2. The fourth-order valence-electron chi connectivity index (χ4n) is 9.26. The minimum absolute atomic E-state index is 0. The normalized spacial score (nSPS) is 22.7. The van der Waals surface area contributed by atoms with Crippen LogP contribution >= 0.6 is 12.4 Å². The number of likely N-dealkylation sites (tertiary alicyclic amines) is 1. The predicted octanol–water partition coefficient (Wildman–Crippen LogP) is 7.34. The van der Waals surface area contributed by atoms with Crippen molar-refractivity contribution in [2.75, 3.05) is 27.3 Å². The van der Waals surface area contributed by atoms with Gasteiger partial charge in [-0.2, -0.15) is 0 Å². The number of nitrogens with zero attached hydrogens (tertiary/aromatic N) is 3. The van der Waals surface area contributed by atoms with Crippen molar-refractivity contribution in [3.8, 4) is 0 Å². The van der Waals surface area contributed by atoms with Crippen LogP contribution in [0, 0.1) is 11.8 Å². The largest absolute Gasteiger partial charge is 0.494 e. The zero-order valence-electron chi connectivity index (χ0n) is 45.8. The van der Waals surface area contributed by atoms with Crippen LogP contribution in [0.4, 0.5) is 9.59 Å². The molecule has 2 aromatic carbocycles. The SMILES string of the molecule is CC1(C)OB(c2ccc(C3=CN=C([C@@H]4CCCN4)C3)cc2)OC1(C)C.COC(=O)N[C@H](C(=O)N1CCC[C@H]1C1=NC=C(c2ccc(B3OC(C)(C)C(C)(C)O3)cc2)C1)C(C)C.COC(=O)N[C@H](C(=O)O)C(C)C.Cl. The third-order valence-electron chi connectivity index (χ3n) is 15.3. The number of nitrogens with one attached hydrogen (secondary N) is 3. The van der Waals surface area contributed by atoms with Gasteiger partial charge < -0.3 is 54.0 Å². The van der Waals surface area contributed by atoms with E-state index >= 15 is 0 Å². The van der Waals surface area contributed by atoms with Crippen LogP contribution in [0.25, 0.3) is 11.1 Å². The number of halogens is 1. The highest BCUT2D eigenvalue weighted by atomic mass is 35.5. The molecule has 0 radical (unpaired) electrons. The quantitative estimate of drug-likeness (QED) is 0.154. The molecule has 4 atom stereocenters. The van der Waals surface area contributed by atoms with Crippen LogP contribution in [0.1, 0.15) is 133 Å². The number of carbonyl (C=O) groups is 4. The molecule has 74 heavy (non-hydrogen) atoms. The summed E-state index contributed by atoms with van der Waals surface area (Å²) >= 11 is 0. The second kappa shape index (κ2) is 24.7. The Morgan fingerprint density at radius 3 is 1.47 bits per heavy atom. The summed E-state index contributed by atoms with van der Waals surface area (Å²) in [5, 5.41) is 17.1. The highest BCUT2D eigenvalue weighted by Crippen LogP contribution is 2.38. The van der Waals surface area contributed by atoms with Gasteiger partial charge in [0.05, 0.1) is 42.7 Å². The molecule has 4 fully saturated rings. The molecule has 0 aliphatic carbocycles. The number of benzene rings is 2. The van der Waals surface area contributed by atoms with Crippen molar-refractivity contribution >= 4 is 84.2 Å². The number of alkyl carbamates (subject to hydrolysis) is 2. The molecule has 3 amide bonds. The molecule has 0 bridgehead atoms. The van der Waals surface area contributed by atoms with Crippen LogP contribution in [0.15, 0.2) is 70.9 Å². The van der Waals surface area contributed by atoms with Crippen molar-refractivity contribution in [2.45, 2.75) is 168 Å². The number of carboxylic acid groups (broad SMARTS) is 1. The van der Waals surface area contributed by atoms with E-state index in [1.165, 1.54) is 43.9 Å². The third-order valence-corrected chi connectivity index (χ3v) is 15.3. The Morgan fingerprint density at radius 2 is 1.08 bits per heavy atom. The molecular formula is C54H79B2ClN6O11. The van der Waals surface area contributed by atoms with E-state index in [1.807, 2.05) is 43.3 Å². The average Bonchev–Trinajstić information content (AvgIpc) is 4.21. The first-order valence-corrected chi connectivity index (χ1v) is 25.7. The lowest BCUT2D eigenvalue weighted by Crippen LogP contribution is -2.53. The number of rotatable bonds is 12. The van der Waals surface area contributed by atoms with Gasteiger partial charge in [0.25, 0.3) is 0 Å². The first-order chi connectivity index (χ1) is 34.3. The van der Waals surface area contributed by atoms with E-state index < -0.39 is 30.2 Å². The van der Waals surface area contributed by atoms with Gasteiger partial charge in [0.15, 0.2) is 0 Å². The third kappa shape index (κ3) is 14.1. The monoisotopic (exact) mass is 1040 g/mol. The molecule has 20 heteroatoms. The number of allylic oxidation sites excluding steroid dienone is 2. The van der Waals surface area contributed by atoms with Crippen LogP contribution < -0.4 is 26.9 Å². The van der Waals surface area contributed by atoms with Gasteiger partial charge in [-0.1, -0.05) is 76.2 Å². The molecule has 8 rings (SSSR count). The molecule has 6 aliphatic heterocycles. The summed E-state index contributed by atoms with van der Waals surface area (Å²) in [6.45, 7) is 25.6. The van der Waals surface area contributed by atoms with E-state index in [2.05, 4.69) is 117 Å². The Labute approximate surface area is 445 Å². The zero-order valence-corrected chi connectivity index (χ0v) is 46.6. The lowest BCUT2D eigenvalue weighted by molar-refractivity contribution is -0.140. The molecule has 0 aromatic heterocycles. The summed E-state index contributed by atoms with van der Waals surface area (Å²) < 4.78 is 33.6. The molecule has 6 heterocycles. The van der Waals surface area contributed by atoms with Crippen molar-refractivity contribution in [1.29, 1.82) is 0 Å². The van der Waals surface area contributed by atoms with E-state index in [-0.39, 0.29) is 72.8 Å². The smallest absolute Gasteiger partial charge is 0.480 e. The number of carbonyl (C=O) groups excluding carboxylic acids is 3. The van der Waals surface area contributed by atoms with Gasteiger partial charge in [-0.3, -0.25) is 14.8 Å². The Hall–Kier alpha value is -5.04. The number of aliphatic imine (C=N–C) groups is 2. The summed E-state index contributed by atoms with van der Waals surface area (Å²) in [7, 11) is 1.80. The topological polar surface area (TPSA) is 208 Å². The second-order valence-corrected chi connectivity index (χ2v) is 22.2. The Kier molecular flexibility index (Phi) is 20.0. The van der Waals surface area contributed by atoms with Gasteiger partial charge >= 0.3 is 32.4 Å². The van der Waals surface area contributed by atoms with Gasteiger partial charge in [0.1, 0.15) is 12.1 Å². The molecule has 17 nitrogen and oxygen atoms in total. The van der Waals surface area contributed by atoms with E-state index in [0.29, 0.717) is 19.0 Å². The van der Waals surface area contributed by atoms with Gasteiger partial charge in [0, 0.05) is 49.3 Å². The van der Waals surface area contributed by atoms with Crippen LogP contribution in [-0.2, 0) is 37.7 Å². The predicted molar refractivity (Wildman–Crippen MR) is 293 cm³/mol. The average molecular weight is 1050 g/mol. The number of methoxy groups -OCH3 is 2. The fraction of sp³-hybridized carbons (Fsp3) is 0.593. The van der Waals surface area contributed by atoms with Crippen LogP contribution in [0.3, 0.4) is 0 Å². The Bertz CT molecular complexity index is 2400. The van der Waals surface area contributed by atoms with Crippen molar-refractivity contribution in [3.05, 3.63) is 72.1 Å².